The smallest absolute Gasteiger partial charge is 0.410 e. The Morgan fingerprint density at radius 3 is 2.20 bits per heavy atom. The molecule has 0 fully saturated rings. The van der Waals surface area contributed by atoms with Gasteiger partial charge in [0.1, 0.15) is 5.60 Å². The Hall–Kier alpha value is -1.55. The summed E-state index contributed by atoms with van der Waals surface area (Å²) in [5, 5.41) is 0. The summed E-state index contributed by atoms with van der Waals surface area (Å²) in [6, 6.07) is 0. The molecule has 2 atom stereocenters. The van der Waals surface area contributed by atoms with Crippen LogP contribution in [0.4, 0.5) is 4.79 Å². The van der Waals surface area contributed by atoms with Crippen LogP contribution in [0.3, 0.4) is 0 Å². The molecule has 25 heavy (non-hydrogen) atoms. The Kier molecular flexibility index (Phi) is 10.4. The lowest BCUT2D eigenvalue weighted by Crippen LogP contribution is -2.39. The molecule has 144 valence electrons. The van der Waals surface area contributed by atoms with E-state index in [1.54, 1.807) is 11.9 Å². The number of amides is 1. The van der Waals surface area contributed by atoms with E-state index >= 15 is 0 Å². The number of nitrogens with zero attached hydrogens (tertiary/aromatic N) is 2. The number of ether oxygens (including phenoxy) is 1. The Morgan fingerprint density at radius 1 is 1.16 bits per heavy atom. The van der Waals surface area contributed by atoms with Crippen LogP contribution in [0.25, 0.3) is 0 Å². The van der Waals surface area contributed by atoms with Gasteiger partial charge in [-0.1, -0.05) is 44.7 Å². The summed E-state index contributed by atoms with van der Waals surface area (Å²) < 4.78 is 5.42. The fourth-order valence-corrected chi connectivity index (χ4v) is 2.48. The van der Waals surface area contributed by atoms with Crippen LogP contribution in [0, 0.1) is 11.8 Å². The van der Waals surface area contributed by atoms with Crippen LogP contribution in [0.1, 0.15) is 41.5 Å². The van der Waals surface area contributed by atoms with Crippen LogP contribution in [0.15, 0.2) is 36.5 Å². The molecule has 0 spiro atoms. The minimum Gasteiger partial charge on any atom is -0.444 e. The van der Waals surface area contributed by atoms with Crippen LogP contribution in [0.5, 0.6) is 0 Å². The zero-order chi connectivity index (χ0) is 19.6. The molecule has 0 saturated carbocycles. The fraction of sp³-hybridized carbons (Fsp3) is 0.667. The number of allylic oxidation sites excluding steroid dienone is 3. The van der Waals surface area contributed by atoms with Gasteiger partial charge in [0.05, 0.1) is 0 Å². The van der Waals surface area contributed by atoms with Gasteiger partial charge in [0.2, 0.25) is 0 Å². The number of likely N-dealkylation sites (N-methyl/N-ethyl adjacent to an activating group) is 1. The zero-order valence-corrected chi connectivity index (χ0v) is 17.5. The number of rotatable bonds is 9. The standard InChI is InChI=1S/C21H38N2O2/c1-10-12-13-19(11-2)16-22(8)14-17(3)18(4)15-23(9)20(24)25-21(5,6)7/h10-13,17-18H,2,14-16H2,1,3-9H3. The highest BCUT2D eigenvalue weighted by molar-refractivity contribution is 5.67. The van der Waals surface area contributed by atoms with Gasteiger partial charge in [-0.25, -0.2) is 4.79 Å². The lowest BCUT2D eigenvalue weighted by Gasteiger charge is -2.30. The monoisotopic (exact) mass is 350 g/mol. The van der Waals surface area contributed by atoms with E-state index in [-0.39, 0.29) is 6.09 Å². The zero-order valence-electron chi connectivity index (χ0n) is 17.5. The van der Waals surface area contributed by atoms with Crippen molar-refractivity contribution >= 4 is 6.09 Å². The molecule has 0 aromatic carbocycles. The fourth-order valence-electron chi connectivity index (χ4n) is 2.48. The van der Waals surface area contributed by atoms with Crippen molar-refractivity contribution in [2.75, 3.05) is 33.7 Å². The molecule has 0 saturated heterocycles. The van der Waals surface area contributed by atoms with Gasteiger partial charge in [-0.3, -0.25) is 0 Å². The van der Waals surface area contributed by atoms with Crippen LogP contribution in [-0.2, 0) is 4.74 Å². The first-order valence-corrected chi connectivity index (χ1v) is 9.07. The molecule has 2 unspecified atom stereocenters. The molecule has 4 heteroatoms. The molecular weight excluding hydrogens is 312 g/mol. The van der Waals surface area contributed by atoms with Crippen LogP contribution >= 0.6 is 0 Å². The molecule has 0 aromatic rings. The predicted octanol–water partition coefficient (Wildman–Crippen LogP) is 4.75. The normalized spacial score (nSPS) is 15.3. The molecular formula is C21H38N2O2. The van der Waals surface area contributed by atoms with Crippen molar-refractivity contribution in [2.24, 2.45) is 11.8 Å². The van der Waals surface area contributed by atoms with E-state index < -0.39 is 5.60 Å². The summed E-state index contributed by atoms with van der Waals surface area (Å²) in [5.41, 5.74) is 0.743. The first-order valence-electron chi connectivity index (χ1n) is 9.07. The molecule has 0 aromatic heterocycles. The lowest BCUT2D eigenvalue weighted by molar-refractivity contribution is 0.0259. The maximum atomic E-state index is 12.1. The third-order valence-electron chi connectivity index (χ3n) is 4.06. The average molecular weight is 351 g/mol. The van der Waals surface area contributed by atoms with E-state index in [4.69, 9.17) is 4.74 Å². The van der Waals surface area contributed by atoms with Gasteiger partial charge in [0, 0.05) is 26.7 Å². The highest BCUT2D eigenvalue weighted by Gasteiger charge is 2.23. The molecule has 0 heterocycles. The van der Waals surface area contributed by atoms with E-state index in [9.17, 15) is 4.79 Å². The maximum absolute atomic E-state index is 12.1. The van der Waals surface area contributed by atoms with E-state index in [0.717, 1.165) is 13.1 Å². The third kappa shape index (κ3) is 10.8. The lowest BCUT2D eigenvalue weighted by atomic mass is 9.95. The van der Waals surface area contributed by atoms with Crippen LogP contribution in [-0.4, -0.2) is 55.2 Å². The third-order valence-corrected chi connectivity index (χ3v) is 4.06. The Morgan fingerprint density at radius 2 is 1.72 bits per heavy atom. The topological polar surface area (TPSA) is 32.8 Å². The number of hydrogen-bond acceptors (Lipinski definition) is 3. The summed E-state index contributed by atoms with van der Waals surface area (Å²) in [5.74, 6) is 0.842. The largest absolute Gasteiger partial charge is 0.444 e. The quantitative estimate of drug-likeness (QED) is 0.563. The van der Waals surface area contributed by atoms with Crippen molar-refractivity contribution < 1.29 is 9.53 Å². The van der Waals surface area contributed by atoms with Gasteiger partial charge >= 0.3 is 6.09 Å². The number of carbonyl (C=O) groups is 1. The first-order chi connectivity index (χ1) is 11.5. The van der Waals surface area contributed by atoms with Crippen molar-refractivity contribution in [3.63, 3.8) is 0 Å². The highest BCUT2D eigenvalue weighted by Crippen LogP contribution is 2.16. The Labute approximate surface area is 155 Å². The van der Waals surface area contributed by atoms with Gasteiger partial charge in [-0.05, 0) is 52.2 Å². The van der Waals surface area contributed by atoms with Crippen molar-refractivity contribution in [2.45, 2.75) is 47.1 Å². The molecule has 0 bridgehead atoms. The molecule has 0 radical (unpaired) electrons. The van der Waals surface area contributed by atoms with Crippen LogP contribution < -0.4 is 0 Å². The van der Waals surface area contributed by atoms with E-state index in [0.29, 0.717) is 18.4 Å². The SMILES string of the molecule is C=CC(=CC=CC)CN(C)CC(C)C(C)CN(C)C(=O)OC(C)(C)C. The summed E-state index contributed by atoms with van der Waals surface area (Å²) in [4.78, 5) is 16.1. The minimum atomic E-state index is -0.458. The molecule has 0 N–H and O–H groups in total. The Bertz CT molecular complexity index is 475. The first kappa shape index (κ1) is 23.4. The second-order valence-electron chi connectivity index (χ2n) is 7.98. The molecule has 0 aliphatic heterocycles. The van der Waals surface area contributed by atoms with Crippen LogP contribution in [0.2, 0.25) is 0 Å². The maximum Gasteiger partial charge on any atom is 0.410 e. The second kappa shape index (κ2) is 11.1. The van der Waals surface area contributed by atoms with E-state index in [1.807, 2.05) is 45.9 Å². The average Bonchev–Trinajstić information content (AvgIpc) is 2.49. The minimum absolute atomic E-state index is 0.261. The highest BCUT2D eigenvalue weighted by atomic mass is 16.6. The van der Waals surface area contributed by atoms with Crippen molar-refractivity contribution in [1.82, 2.24) is 9.80 Å². The van der Waals surface area contributed by atoms with Gasteiger partial charge < -0.3 is 14.5 Å². The van der Waals surface area contributed by atoms with E-state index in [1.165, 1.54) is 5.57 Å². The molecule has 4 nitrogen and oxygen atoms in total. The molecule has 1 amide bonds. The Balaban J connectivity index is 4.51. The summed E-state index contributed by atoms with van der Waals surface area (Å²) in [7, 11) is 3.92. The summed E-state index contributed by atoms with van der Waals surface area (Å²) in [6.07, 6.45) is 7.78. The van der Waals surface area contributed by atoms with Gasteiger partial charge in [0.25, 0.3) is 0 Å². The van der Waals surface area contributed by atoms with Gasteiger partial charge in [-0.2, -0.15) is 0 Å². The van der Waals surface area contributed by atoms with E-state index in [2.05, 4.69) is 38.5 Å². The predicted molar refractivity (Wildman–Crippen MR) is 108 cm³/mol. The number of carbonyl (C=O) groups excluding carboxylic acids is 1. The van der Waals surface area contributed by atoms with Crippen molar-refractivity contribution in [3.8, 4) is 0 Å². The molecule has 0 aliphatic carbocycles. The van der Waals surface area contributed by atoms with Gasteiger partial charge in [-0.15, -0.1) is 0 Å². The van der Waals surface area contributed by atoms with Gasteiger partial charge in [0.15, 0.2) is 0 Å². The summed E-state index contributed by atoms with van der Waals surface area (Å²) >= 11 is 0. The van der Waals surface area contributed by atoms with Crippen molar-refractivity contribution in [3.05, 3.63) is 36.5 Å². The molecule has 0 rings (SSSR count). The summed E-state index contributed by atoms with van der Waals surface area (Å²) in [6.45, 7) is 18.5. The number of hydrogen-bond donors (Lipinski definition) is 0. The second-order valence-corrected chi connectivity index (χ2v) is 7.98. The molecule has 0 aliphatic rings. The van der Waals surface area contributed by atoms with Crippen molar-refractivity contribution in [1.29, 1.82) is 0 Å².